The van der Waals surface area contributed by atoms with Gasteiger partial charge < -0.3 is 10.1 Å². The van der Waals surface area contributed by atoms with Gasteiger partial charge in [0.25, 0.3) is 0 Å². The monoisotopic (exact) mass is 275 g/mol. The summed E-state index contributed by atoms with van der Waals surface area (Å²) in [6.07, 6.45) is 3.96. The van der Waals surface area contributed by atoms with Crippen LogP contribution in [0, 0.1) is 6.92 Å². The first-order valence-corrected chi connectivity index (χ1v) is 7.91. The molecule has 1 N–H and O–H groups in total. The minimum Gasteiger partial charge on any atom is -0.489 e. The Hall–Kier alpha value is -1.02. The number of rotatable bonds is 6. The molecule has 112 valence electrons. The summed E-state index contributed by atoms with van der Waals surface area (Å²) in [6.45, 7) is 12.0. The fraction of sp³-hybridized carbons (Fsp3) is 0.667. The van der Waals surface area contributed by atoms with Crippen LogP contribution in [0.25, 0.3) is 0 Å². The van der Waals surface area contributed by atoms with E-state index in [2.05, 4.69) is 58.1 Å². The molecule has 1 atom stereocenters. The van der Waals surface area contributed by atoms with Crippen LogP contribution in [0.3, 0.4) is 0 Å². The summed E-state index contributed by atoms with van der Waals surface area (Å²) in [6, 6.07) is 7.32. The van der Waals surface area contributed by atoms with Crippen LogP contribution in [0.5, 0.6) is 5.75 Å². The van der Waals surface area contributed by atoms with E-state index >= 15 is 0 Å². The smallest absolute Gasteiger partial charge is 0.123 e. The molecule has 0 heterocycles. The van der Waals surface area contributed by atoms with Gasteiger partial charge >= 0.3 is 0 Å². The minimum atomic E-state index is 0.116. The first-order chi connectivity index (χ1) is 9.40. The fourth-order valence-corrected chi connectivity index (χ4v) is 2.38. The van der Waals surface area contributed by atoms with Crippen LogP contribution >= 0.6 is 0 Å². The molecule has 1 fully saturated rings. The third-order valence-electron chi connectivity index (χ3n) is 3.91. The molecule has 0 radical (unpaired) electrons. The standard InChI is InChI=1S/C18H29NO/c1-6-15(12-19-14-8-9-14)20-17-11-13(2)7-10-16(17)18(3,4)5/h7,10-11,14-15,19H,6,8-9,12H2,1-5H3. The second-order valence-corrected chi connectivity index (χ2v) is 7.08. The van der Waals surface area contributed by atoms with Crippen LogP contribution in [0.15, 0.2) is 18.2 Å². The molecular weight excluding hydrogens is 246 g/mol. The molecule has 1 aliphatic carbocycles. The summed E-state index contributed by atoms with van der Waals surface area (Å²) >= 11 is 0. The second kappa shape index (κ2) is 6.17. The largest absolute Gasteiger partial charge is 0.489 e. The Balaban J connectivity index is 2.10. The molecule has 1 unspecified atom stereocenters. The Morgan fingerprint density at radius 3 is 2.55 bits per heavy atom. The van der Waals surface area contributed by atoms with Crippen molar-refractivity contribution in [2.75, 3.05) is 6.54 Å². The Kier molecular flexibility index (Phi) is 4.74. The number of ether oxygens (including phenoxy) is 1. The van der Waals surface area contributed by atoms with E-state index < -0.39 is 0 Å². The van der Waals surface area contributed by atoms with Crippen LogP contribution in [-0.2, 0) is 5.41 Å². The van der Waals surface area contributed by atoms with Crippen molar-refractivity contribution < 1.29 is 4.74 Å². The summed E-state index contributed by atoms with van der Waals surface area (Å²) in [5, 5.41) is 3.58. The van der Waals surface area contributed by atoms with E-state index in [1.807, 2.05) is 0 Å². The average molecular weight is 275 g/mol. The van der Waals surface area contributed by atoms with Crippen molar-refractivity contribution in [1.29, 1.82) is 0 Å². The van der Waals surface area contributed by atoms with Gasteiger partial charge in [0.05, 0.1) is 0 Å². The fourth-order valence-electron chi connectivity index (χ4n) is 2.38. The third-order valence-corrected chi connectivity index (χ3v) is 3.91. The molecule has 0 amide bonds. The van der Waals surface area contributed by atoms with Crippen LogP contribution in [0.2, 0.25) is 0 Å². The lowest BCUT2D eigenvalue weighted by molar-refractivity contribution is 0.188. The topological polar surface area (TPSA) is 21.3 Å². The van der Waals surface area contributed by atoms with Crippen LogP contribution in [-0.4, -0.2) is 18.7 Å². The highest BCUT2D eigenvalue weighted by atomic mass is 16.5. The van der Waals surface area contributed by atoms with Crippen LogP contribution < -0.4 is 10.1 Å². The normalized spacial score (nSPS) is 17.1. The average Bonchev–Trinajstić information content (AvgIpc) is 3.17. The van der Waals surface area contributed by atoms with E-state index in [4.69, 9.17) is 4.74 Å². The van der Waals surface area contributed by atoms with Crippen molar-refractivity contribution in [3.8, 4) is 5.75 Å². The predicted molar refractivity (Wildman–Crippen MR) is 85.6 cm³/mol. The number of hydrogen-bond acceptors (Lipinski definition) is 2. The molecule has 0 aromatic heterocycles. The van der Waals surface area contributed by atoms with Crippen molar-refractivity contribution in [2.45, 2.75) is 71.4 Å². The van der Waals surface area contributed by atoms with E-state index in [-0.39, 0.29) is 11.5 Å². The van der Waals surface area contributed by atoms with Crippen molar-refractivity contribution in [1.82, 2.24) is 5.32 Å². The molecule has 0 aliphatic heterocycles. The maximum absolute atomic E-state index is 6.32. The molecule has 1 aromatic rings. The van der Waals surface area contributed by atoms with Gasteiger partial charge in [-0.3, -0.25) is 0 Å². The van der Waals surface area contributed by atoms with E-state index in [1.165, 1.54) is 24.0 Å². The number of benzene rings is 1. The SMILES string of the molecule is CCC(CNC1CC1)Oc1cc(C)ccc1C(C)(C)C. The summed E-state index contributed by atoms with van der Waals surface area (Å²) < 4.78 is 6.32. The highest BCUT2D eigenvalue weighted by Gasteiger charge is 2.24. The first-order valence-electron chi connectivity index (χ1n) is 7.91. The van der Waals surface area contributed by atoms with E-state index in [0.717, 1.165) is 24.8 Å². The zero-order valence-electron chi connectivity index (χ0n) is 13.6. The van der Waals surface area contributed by atoms with Crippen LogP contribution in [0.1, 0.15) is 58.1 Å². The van der Waals surface area contributed by atoms with E-state index in [1.54, 1.807) is 0 Å². The molecule has 1 aromatic carbocycles. The van der Waals surface area contributed by atoms with Crippen molar-refractivity contribution >= 4 is 0 Å². The maximum Gasteiger partial charge on any atom is 0.123 e. The van der Waals surface area contributed by atoms with Gasteiger partial charge in [0.1, 0.15) is 11.9 Å². The van der Waals surface area contributed by atoms with Gasteiger partial charge in [0.2, 0.25) is 0 Å². The molecule has 2 rings (SSSR count). The van der Waals surface area contributed by atoms with Gasteiger partial charge in [0.15, 0.2) is 0 Å². The van der Waals surface area contributed by atoms with Crippen LogP contribution in [0.4, 0.5) is 0 Å². The number of aryl methyl sites for hydroxylation is 1. The molecule has 2 nitrogen and oxygen atoms in total. The second-order valence-electron chi connectivity index (χ2n) is 7.08. The van der Waals surface area contributed by atoms with Crippen molar-refractivity contribution in [2.24, 2.45) is 0 Å². The number of hydrogen-bond donors (Lipinski definition) is 1. The lowest BCUT2D eigenvalue weighted by atomic mass is 9.86. The molecule has 0 spiro atoms. The molecule has 1 aliphatic rings. The van der Waals surface area contributed by atoms with Gasteiger partial charge in [-0.15, -0.1) is 0 Å². The van der Waals surface area contributed by atoms with Gasteiger partial charge in [-0.2, -0.15) is 0 Å². The van der Waals surface area contributed by atoms with E-state index in [9.17, 15) is 0 Å². The Labute approximate surface area is 123 Å². The highest BCUT2D eigenvalue weighted by molar-refractivity contribution is 5.41. The van der Waals surface area contributed by atoms with Crippen molar-refractivity contribution in [3.63, 3.8) is 0 Å². The quantitative estimate of drug-likeness (QED) is 0.840. The van der Waals surface area contributed by atoms with Gasteiger partial charge in [0, 0.05) is 12.6 Å². The Morgan fingerprint density at radius 2 is 2.00 bits per heavy atom. The lowest BCUT2D eigenvalue weighted by Gasteiger charge is -2.26. The summed E-state index contributed by atoms with van der Waals surface area (Å²) in [7, 11) is 0. The first kappa shape index (κ1) is 15.4. The Morgan fingerprint density at radius 1 is 1.30 bits per heavy atom. The molecule has 20 heavy (non-hydrogen) atoms. The zero-order valence-corrected chi connectivity index (χ0v) is 13.6. The van der Waals surface area contributed by atoms with Gasteiger partial charge in [-0.05, 0) is 48.8 Å². The number of nitrogens with one attached hydrogen (secondary N) is 1. The molecule has 2 heteroatoms. The Bertz CT molecular complexity index is 443. The molecular formula is C18H29NO. The third kappa shape index (κ3) is 4.24. The zero-order chi connectivity index (χ0) is 14.8. The summed E-state index contributed by atoms with van der Waals surface area (Å²) in [5.74, 6) is 1.06. The molecule has 1 saturated carbocycles. The maximum atomic E-state index is 6.32. The lowest BCUT2D eigenvalue weighted by Crippen LogP contribution is -2.32. The summed E-state index contributed by atoms with van der Waals surface area (Å²) in [5.41, 5.74) is 2.68. The predicted octanol–water partition coefficient (Wildman–Crippen LogP) is 4.20. The van der Waals surface area contributed by atoms with Gasteiger partial charge in [-0.1, -0.05) is 39.8 Å². The summed E-state index contributed by atoms with van der Waals surface area (Å²) in [4.78, 5) is 0. The molecule has 0 saturated heterocycles. The van der Waals surface area contributed by atoms with Crippen molar-refractivity contribution in [3.05, 3.63) is 29.3 Å². The van der Waals surface area contributed by atoms with Gasteiger partial charge in [-0.25, -0.2) is 0 Å². The molecule has 0 bridgehead atoms. The highest BCUT2D eigenvalue weighted by Crippen LogP contribution is 2.33. The van der Waals surface area contributed by atoms with E-state index in [0.29, 0.717) is 0 Å². The minimum absolute atomic E-state index is 0.116.